The molecule has 0 amide bonds. The van der Waals surface area contributed by atoms with Crippen molar-refractivity contribution in [2.24, 2.45) is 5.84 Å². The first kappa shape index (κ1) is 13.3. The highest BCUT2D eigenvalue weighted by Gasteiger charge is 2.07. The molecule has 6 heteroatoms. The lowest BCUT2D eigenvalue weighted by molar-refractivity contribution is 0.297. The first-order valence-corrected chi connectivity index (χ1v) is 5.92. The lowest BCUT2D eigenvalue weighted by Crippen LogP contribution is -2.10. The minimum absolute atomic E-state index is 0.0682. The Hall–Kier alpha value is -2.18. The highest BCUT2D eigenvalue weighted by Crippen LogP contribution is 2.25. The Morgan fingerprint density at radius 1 is 1.32 bits per heavy atom. The number of nitrogen functional groups attached to an aromatic ring is 1. The van der Waals surface area contributed by atoms with Crippen LogP contribution >= 0.6 is 0 Å². The van der Waals surface area contributed by atoms with Gasteiger partial charge in [0.15, 0.2) is 0 Å². The van der Waals surface area contributed by atoms with Crippen molar-refractivity contribution in [3.05, 3.63) is 41.7 Å². The molecule has 1 heterocycles. The van der Waals surface area contributed by atoms with Gasteiger partial charge in [0.2, 0.25) is 5.88 Å². The average molecular weight is 260 g/mol. The number of hydrogen-bond donors (Lipinski definition) is 3. The van der Waals surface area contributed by atoms with Crippen molar-refractivity contribution in [3.63, 3.8) is 0 Å². The van der Waals surface area contributed by atoms with E-state index in [0.717, 1.165) is 5.56 Å². The maximum atomic E-state index is 9.03. The fraction of sp³-hybridized carbons (Fsp3) is 0.231. The molecular formula is C13H16N4O2. The van der Waals surface area contributed by atoms with Crippen molar-refractivity contribution < 1.29 is 9.84 Å². The molecule has 100 valence electrons. The number of nitrogens with one attached hydrogen (secondary N) is 1. The number of para-hydroxylation sites is 1. The first-order valence-electron chi connectivity index (χ1n) is 5.92. The van der Waals surface area contributed by atoms with Gasteiger partial charge in [-0.05, 0) is 25.0 Å². The standard InChI is InChI=1S/C13H16N4O2/c1-9-15-12(17-14)8-13(16-9)19-11-5-3-2-4-10(11)6-7-18/h2-5,8,18H,6-7,14H2,1H3,(H,15,16,17). The Kier molecular flexibility index (Phi) is 4.27. The normalized spacial score (nSPS) is 10.3. The molecule has 1 aromatic heterocycles. The molecule has 0 bridgehead atoms. The van der Waals surface area contributed by atoms with E-state index in [0.29, 0.717) is 29.7 Å². The van der Waals surface area contributed by atoms with E-state index in [1.54, 1.807) is 13.0 Å². The molecule has 0 aliphatic rings. The number of hydrazine groups is 1. The van der Waals surface area contributed by atoms with E-state index in [-0.39, 0.29) is 6.61 Å². The highest BCUT2D eigenvalue weighted by molar-refractivity contribution is 5.41. The number of nitrogens with zero attached hydrogens (tertiary/aromatic N) is 2. The van der Waals surface area contributed by atoms with Crippen LogP contribution in [0, 0.1) is 6.92 Å². The van der Waals surface area contributed by atoms with Gasteiger partial charge < -0.3 is 15.3 Å². The molecule has 1 aromatic carbocycles. The number of benzene rings is 1. The largest absolute Gasteiger partial charge is 0.439 e. The van der Waals surface area contributed by atoms with Crippen molar-refractivity contribution in [2.45, 2.75) is 13.3 Å². The van der Waals surface area contributed by atoms with Gasteiger partial charge in [0, 0.05) is 12.7 Å². The number of ether oxygens (including phenoxy) is 1. The zero-order chi connectivity index (χ0) is 13.7. The van der Waals surface area contributed by atoms with Crippen LogP contribution < -0.4 is 16.0 Å². The second kappa shape index (κ2) is 6.12. The summed E-state index contributed by atoms with van der Waals surface area (Å²) in [7, 11) is 0. The quantitative estimate of drug-likeness (QED) is 0.556. The van der Waals surface area contributed by atoms with E-state index in [1.165, 1.54) is 0 Å². The second-order valence-corrected chi connectivity index (χ2v) is 3.97. The number of nitrogens with two attached hydrogens (primary N) is 1. The van der Waals surface area contributed by atoms with E-state index < -0.39 is 0 Å². The van der Waals surface area contributed by atoms with Crippen LogP contribution in [0.15, 0.2) is 30.3 Å². The van der Waals surface area contributed by atoms with Gasteiger partial charge in [0.25, 0.3) is 0 Å². The number of aryl methyl sites for hydroxylation is 1. The molecule has 4 N–H and O–H groups in total. The maximum absolute atomic E-state index is 9.03. The number of aromatic nitrogens is 2. The van der Waals surface area contributed by atoms with Crippen LogP contribution in [0.5, 0.6) is 11.6 Å². The third-order valence-corrected chi connectivity index (χ3v) is 2.53. The molecule has 0 radical (unpaired) electrons. The number of aliphatic hydroxyl groups is 1. The minimum Gasteiger partial charge on any atom is -0.439 e. The van der Waals surface area contributed by atoms with Crippen LogP contribution in [-0.2, 0) is 6.42 Å². The van der Waals surface area contributed by atoms with Crippen LogP contribution in [0.3, 0.4) is 0 Å². The van der Waals surface area contributed by atoms with Crippen LogP contribution in [-0.4, -0.2) is 21.7 Å². The van der Waals surface area contributed by atoms with Crippen molar-refractivity contribution in [1.82, 2.24) is 9.97 Å². The van der Waals surface area contributed by atoms with Crippen molar-refractivity contribution in [2.75, 3.05) is 12.0 Å². The number of aliphatic hydroxyl groups excluding tert-OH is 1. The second-order valence-electron chi connectivity index (χ2n) is 3.97. The predicted octanol–water partition coefficient (Wildman–Crippen LogP) is 1.40. The molecule has 2 aromatic rings. The van der Waals surface area contributed by atoms with Crippen molar-refractivity contribution >= 4 is 5.82 Å². The minimum atomic E-state index is 0.0682. The number of hydrogen-bond acceptors (Lipinski definition) is 6. The fourth-order valence-electron chi connectivity index (χ4n) is 1.71. The van der Waals surface area contributed by atoms with E-state index >= 15 is 0 Å². The summed E-state index contributed by atoms with van der Waals surface area (Å²) >= 11 is 0. The first-order chi connectivity index (χ1) is 9.22. The Labute approximate surface area is 111 Å². The molecule has 0 saturated carbocycles. The summed E-state index contributed by atoms with van der Waals surface area (Å²) in [5.41, 5.74) is 3.38. The van der Waals surface area contributed by atoms with Crippen LogP contribution in [0.1, 0.15) is 11.4 Å². The summed E-state index contributed by atoms with van der Waals surface area (Å²) in [6.07, 6.45) is 0.530. The summed E-state index contributed by atoms with van der Waals surface area (Å²) < 4.78 is 5.73. The Balaban J connectivity index is 2.28. The molecular weight excluding hydrogens is 244 g/mol. The lowest BCUT2D eigenvalue weighted by atomic mass is 10.1. The summed E-state index contributed by atoms with van der Waals surface area (Å²) in [5.74, 6) is 7.45. The summed E-state index contributed by atoms with van der Waals surface area (Å²) in [6.45, 7) is 1.83. The Morgan fingerprint density at radius 3 is 2.84 bits per heavy atom. The molecule has 0 fully saturated rings. The van der Waals surface area contributed by atoms with Crippen LogP contribution in [0.2, 0.25) is 0 Å². The smallest absolute Gasteiger partial charge is 0.224 e. The van der Waals surface area contributed by atoms with Gasteiger partial charge in [0.05, 0.1) is 0 Å². The summed E-state index contributed by atoms with van der Waals surface area (Å²) in [5, 5.41) is 9.03. The van der Waals surface area contributed by atoms with Gasteiger partial charge >= 0.3 is 0 Å². The molecule has 0 aliphatic carbocycles. The summed E-state index contributed by atoms with van der Waals surface area (Å²) in [4.78, 5) is 8.27. The zero-order valence-electron chi connectivity index (χ0n) is 10.6. The van der Waals surface area contributed by atoms with Crippen LogP contribution in [0.4, 0.5) is 5.82 Å². The molecule has 6 nitrogen and oxygen atoms in total. The highest BCUT2D eigenvalue weighted by atomic mass is 16.5. The molecule has 2 rings (SSSR count). The topological polar surface area (TPSA) is 93.3 Å². The average Bonchev–Trinajstić information content (AvgIpc) is 2.40. The third kappa shape index (κ3) is 3.40. The number of rotatable bonds is 5. The zero-order valence-corrected chi connectivity index (χ0v) is 10.6. The van der Waals surface area contributed by atoms with Crippen molar-refractivity contribution in [1.29, 1.82) is 0 Å². The molecule has 0 spiro atoms. The maximum Gasteiger partial charge on any atom is 0.224 e. The van der Waals surface area contributed by atoms with E-state index in [4.69, 9.17) is 15.7 Å². The number of anilines is 1. The Morgan fingerprint density at radius 2 is 2.11 bits per heavy atom. The van der Waals surface area contributed by atoms with E-state index in [9.17, 15) is 0 Å². The molecule has 19 heavy (non-hydrogen) atoms. The van der Waals surface area contributed by atoms with Gasteiger partial charge in [-0.2, -0.15) is 4.98 Å². The van der Waals surface area contributed by atoms with Gasteiger partial charge in [0.1, 0.15) is 17.4 Å². The molecule has 0 saturated heterocycles. The van der Waals surface area contributed by atoms with Gasteiger partial charge in [-0.3, -0.25) is 0 Å². The van der Waals surface area contributed by atoms with Crippen molar-refractivity contribution in [3.8, 4) is 11.6 Å². The van der Waals surface area contributed by atoms with Gasteiger partial charge in [-0.15, -0.1) is 0 Å². The Bertz CT molecular complexity index is 560. The summed E-state index contributed by atoms with van der Waals surface area (Å²) in [6, 6.07) is 9.12. The van der Waals surface area contributed by atoms with E-state index in [1.807, 2.05) is 24.3 Å². The molecule has 0 atom stereocenters. The fourth-order valence-corrected chi connectivity index (χ4v) is 1.71. The monoisotopic (exact) mass is 260 g/mol. The molecule has 0 unspecified atom stereocenters. The third-order valence-electron chi connectivity index (χ3n) is 2.53. The molecule has 0 aliphatic heterocycles. The lowest BCUT2D eigenvalue weighted by Gasteiger charge is -2.10. The van der Waals surface area contributed by atoms with Gasteiger partial charge in [-0.25, -0.2) is 10.8 Å². The SMILES string of the molecule is Cc1nc(NN)cc(Oc2ccccc2CCO)n1. The van der Waals surface area contributed by atoms with Crippen LogP contribution in [0.25, 0.3) is 0 Å². The van der Waals surface area contributed by atoms with E-state index in [2.05, 4.69) is 15.4 Å². The predicted molar refractivity (Wildman–Crippen MR) is 71.9 cm³/mol. The van der Waals surface area contributed by atoms with Gasteiger partial charge in [-0.1, -0.05) is 18.2 Å².